The first-order chi connectivity index (χ1) is 13.8. The summed E-state index contributed by atoms with van der Waals surface area (Å²) in [7, 11) is 0. The SMILES string of the molecule is O=Cc1cc(-c2ncccn2)ccc1NCCCCCCN1CCC(O)CC1. The molecule has 28 heavy (non-hydrogen) atoms. The lowest BCUT2D eigenvalue weighted by Crippen LogP contribution is -2.36. The summed E-state index contributed by atoms with van der Waals surface area (Å²) < 4.78 is 0. The van der Waals surface area contributed by atoms with Crippen molar-refractivity contribution in [1.82, 2.24) is 14.9 Å². The minimum absolute atomic E-state index is 0.0899. The molecule has 0 radical (unpaired) electrons. The Morgan fingerprint density at radius 3 is 2.61 bits per heavy atom. The van der Waals surface area contributed by atoms with E-state index in [1.54, 1.807) is 18.5 Å². The number of hydrogen-bond acceptors (Lipinski definition) is 6. The van der Waals surface area contributed by atoms with E-state index in [1.165, 1.54) is 19.3 Å². The zero-order valence-corrected chi connectivity index (χ0v) is 16.4. The van der Waals surface area contributed by atoms with Crippen molar-refractivity contribution in [3.63, 3.8) is 0 Å². The highest BCUT2D eigenvalue weighted by Crippen LogP contribution is 2.22. The number of nitrogens with zero attached hydrogens (tertiary/aromatic N) is 3. The molecular weight excluding hydrogens is 352 g/mol. The second kappa shape index (κ2) is 10.9. The summed E-state index contributed by atoms with van der Waals surface area (Å²) in [4.78, 5) is 22.4. The molecule has 2 aromatic rings. The van der Waals surface area contributed by atoms with Crippen molar-refractivity contribution in [2.24, 2.45) is 0 Å². The number of aliphatic hydroxyl groups is 1. The summed E-state index contributed by atoms with van der Waals surface area (Å²) in [6, 6.07) is 7.48. The Hall–Kier alpha value is -2.31. The number of likely N-dealkylation sites (tertiary alicyclic amines) is 1. The summed E-state index contributed by atoms with van der Waals surface area (Å²) in [5, 5.41) is 12.9. The normalized spacial score (nSPS) is 15.5. The number of benzene rings is 1. The molecule has 0 atom stereocenters. The minimum Gasteiger partial charge on any atom is -0.393 e. The van der Waals surface area contributed by atoms with Crippen LogP contribution in [0.4, 0.5) is 5.69 Å². The van der Waals surface area contributed by atoms with E-state index in [0.717, 1.165) is 63.0 Å². The smallest absolute Gasteiger partial charge is 0.159 e. The van der Waals surface area contributed by atoms with Gasteiger partial charge < -0.3 is 15.3 Å². The predicted molar refractivity (Wildman–Crippen MR) is 111 cm³/mol. The number of piperidine rings is 1. The second-order valence-corrected chi connectivity index (χ2v) is 7.41. The van der Waals surface area contributed by atoms with Crippen LogP contribution in [0.5, 0.6) is 0 Å². The number of aromatic nitrogens is 2. The number of unbranched alkanes of at least 4 members (excludes halogenated alkanes) is 3. The first kappa shape index (κ1) is 20.4. The lowest BCUT2D eigenvalue weighted by molar-refractivity contribution is 0.0817. The van der Waals surface area contributed by atoms with Gasteiger partial charge in [0.1, 0.15) is 0 Å². The Kier molecular flexibility index (Phi) is 7.94. The van der Waals surface area contributed by atoms with E-state index in [4.69, 9.17) is 0 Å². The Balaban J connectivity index is 1.36. The fourth-order valence-corrected chi connectivity index (χ4v) is 3.59. The number of carbonyl (C=O) groups is 1. The van der Waals surface area contributed by atoms with E-state index in [1.807, 2.05) is 18.2 Å². The molecule has 6 heteroatoms. The van der Waals surface area contributed by atoms with Gasteiger partial charge in [-0.3, -0.25) is 4.79 Å². The number of hydrogen-bond donors (Lipinski definition) is 2. The Bertz CT molecular complexity index is 731. The molecule has 0 spiro atoms. The number of anilines is 1. The van der Waals surface area contributed by atoms with Gasteiger partial charge in [-0.15, -0.1) is 0 Å². The summed E-state index contributed by atoms with van der Waals surface area (Å²) in [5.74, 6) is 0.625. The molecule has 0 aliphatic carbocycles. The molecule has 6 nitrogen and oxygen atoms in total. The average molecular weight is 383 g/mol. The van der Waals surface area contributed by atoms with Crippen molar-refractivity contribution in [2.45, 2.75) is 44.6 Å². The fourth-order valence-electron chi connectivity index (χ4n) is 3.59. The Labute approximate surface area is 167 Å². The van der Waals surface area contributed by atoms with E-state index >= 15 is 0 Å². The van der Waals surface area contributed by atoms with Gasteiger partial charge in [0.05, 0.1) is 6.10 Å². The van der Waals surface area contributed by atoms with Gasteiger partial charge in [0.25, 0.3) is 0 Å². The van der Waals surface area contributed by atoms with Gasteiger partial charge in [-0.05, 0) is 56.5 Å². The van der Waals surface area contributed by atoms with Gasteiger partial charge in [0, 0.05) is 48.8 Å². The van der Waals surface area contributed by atoms with Crippen molar-refractivity contribution < 1.29 is 9.90 Å². The highest BCUT2D eigenvalue weighted by Gasteiger charge is 2.15. The van der Waals surface area contributed by atoms with Crippen LogP contribution in [0.3, 0.4) is 0 Å². The van der Waals surface area contributed by atoms with Gasteiger partial charge >= 0.3 is 0 Å². The molecule has 0 unspecified atom stereocenters. The molecule has 1 aliphatic rings. The van der Waals surface area contributed by atoms with Crippen molar-refractivity contribution in [3.05, 3.63) is 42.2 Å². The average Bonchev–Trinajstić information content (AvgIpc) is 2.75. The van der Waals surface area contributed by atoms with Crippen molar-refractivity contribution in [3.8, 4) is 11.4 Å². The molecule has 2 heterocycles. The molecule has 1 aromatic heterocycles. The van der Waals surface area contributed by atoms with E-state index in [2.05, 4.69) is 20.2 Å². The van der Waals surface area contributed by atoms with Crippen LogP contribution in [0.15, 0.2) is 36.7 Å². The lowest BCUT2D eigenvalue weighted by Gasteiger charge is -2.29. The number of rotatable bonds is 10. The topological polar surface area (TPSA) is 78.4 Å². The number of aldehydes is 1. The Morgan fingerprint density at radius 1 is 1.11 bits per heavy atom. The van der Waals surface area contributed by atoms with Gasteiger partial charge in [-0.25, -0.2) is 9.97 Å². The van der Waals surface area contributed by atoms with Gasteiger partial charge in [0.15, 0.2) is 12.1 Å². The first-order valence-electron chi connectivity index (χ1n) is 10.3. The van der Waals surface area contributed by atoms with E-state index in [0.29, 0.717) is 11.4 Å². The van der Waals surface area contributed by atoms with E-state index in [9.17, 15) is 9.90 Å². The molecule has 1 aliphatic heterocycles. The summed E-state index contributed by atoms with van der Waals surface area (Å²) >= 11 is 0. The van der Waals surface area contributed by atoms with Gasteiger partial charge in [0.2, 0.25) is 0 Å². The molecular formula is C22H30N4O2. The molecule has 0 bridgehead atoms. The highest BCUT2D eigenvalue weighted by molar-refractivity contribution is 5.86. The predicted octanol–water partition coefficient (Wildman–Crippen LogP) is 3.39. The van der Waals surface area contributed by atoms with Crippen LogP contribution >= 0.6 is 0 Å². The quantitative estimate of drug-likeness (QED) is 0.484. The van der Waals surface area contributed by atoms with Gasteiger partial charge in [-0.2, -0.15) is 0 Å². The molecule has 0 saturated carbocycles. The highest BCUT2D eigenvalue weighted by atomic mass is 16.3. The number of aliphatic hydroxyl groups excluding tert-OH is 1. The van der Waals surface area contributed by atoms with Crippen LogP contribution in [-0.4, -0.2) is 58.5 Å². The maximum absolute atomic E-state index is 11.5. The molecule has 0 amide bonds. The molecule has 1 saturated heterocycles. The van der Waals surface area contributed by atoms with E-state index in [-0.39, 0.29) is 6.10 Å². The van der Waals surface area contributed by atoms with Crippen LogP contribution in [0.1, 0.15) is 48.9 Å². The second-order valence-electron chi connectivity index (χ2n) is 7.41. The largest absolute Gasteiger partial charge is 0.393 e. The molecule has 2 N–H and O–H groups in total. The fraction of sp³-hybridized carbons (Fsp3) is 0.500. The van der Waals surface area contributed by atoms with Crippen LogP contribution in [-0.2, 0) is 0 Å². The van der Waals surface area contributed by atoms with Crippen molar-refractivity contribution >= 4 is 12.0 Å². The zero-order chi connectivity index (χ0) is 19.6. The molecule has 1 aromatic carbocycles. The Morgan fingerprint density at radius 2 is 1.86 bits per heavy atom. The van der Waals surface area contributed by atoms with Crippen molar-refractivity contribution in [2.75, 3.05) is 31.5 Å². The molecule has 1 fully saturated rings. The maximum atomic E-state index is 11.5. The third-order valence-corrected chi connectivity index (χ3v) is 5.28. The van der Waals surface area contributed by atoms with Crippen LogP contribution in [0.2, 0.25) is 0 Å². The molecule has 150 valence electrons. The summed E-state index contributed by atoms with van der Waals surface area (Å²) in [6.45, 7) is 4.05. The zero-order valence-electron chi connectivity index (χ0n) is 16.4. The third-order valence-electron chi connectivity index (χ3n) is 5.28. The number of carbonyl (C=O) groups excluding carboxylic acids is 1. The lowest BCUT2D eigenvalue weighted by atomic mass is 10.1. The van der Waals surface area contributed by atoms with Crippen LogP contribution < -0.4 is 5.32 Å². The monoisotopic (exact) mass is 382 g/mol. The van der Waals surface area contributed by atoms with Crippen LogP contribution in [0.25, 0.3) is 11.4 Å². The van der Waals surface area contributed by atoms with Crippen molar-refractivity contribution in [1.29, 1.82) is 0 Å². The van der Waals surface area contributed by atoms with Crippen LogP contribution in [0, 0.1) is 0 Å². The third kappa shape index (κ3) is 6.11. The van der Waals surface area contributed by atoms with E-state index < -0.39 is 0 Å². The maximum Gasteiger partial charge on any atom is 0.159 e. The first-order valence-corrected chi connectivity index (χ1v) is 10.3. The summed E-state index contributed by atoms with van der Waals surface area (Å²) in [5.41, 5.74) is 2.34. The number of nitrogens with one attached hydrogen (secondary N) is 1. The minimum atomic E-state index is -0.0899. The standard InChI is InChI=1S/C22H30N4O2/c27-17-19-16-18(22-24-11-5-12-25-22)6-7-21(19)23-10-3-1-2-4-13-26-14-8-20(28)9-15-26/h5-7,11-12,16-17,20,23,28H,1-4,8-10,13-15H2. The van der Waals surface area contributed by atoms with Gasteiger partial charge in [-0.1, -0.05) is 12.8 Å². The molecule has 3 rings (SSSR count). The summed E-state index contributed by atoms with van der Waals surface area (Å²) in [6.07, 6.45) is 10.7.